The molecule has 1 unspecified atom stereocenters. The van der Waals surface area contributed by atoms with Gasteiger partial charge in [0.1, 0.15) is 11.6 Å². The molecule has 6 nitrogen and oxygen atoms in total. The number of alkyl halides is 3. The topological polar surface area (TPSA) is 59.7 Å². The van der Waals surface area contributed by atoms with Gasteiger partial charge in [-0.05, 0) is 13.3 Å². The molecule has 0 radical (unpaired) electrons. The SMILES string of the molecule is Cc1nsc(N(C)Cc2nnc3n2CC(C(F)(F)F)CC3)n1. The van der Waals surface area contributed by atoms with Crippen molar-refractivity contribution in [2.45, 2.75) is 39.0 Å². The molecule has 2 aromatic rings. The highest BCUT2D eigenvalue weighted by Gasteiger charge is 2.42. The normalized spacial score (nSPS) is 18.3. The van der Waals surface area contributed by atoms with E-state index in [2.05, 4.69) is 19.6 Å². The van der Waals surface area contributed by atoms with E-state index in [0.717, 1.165) is 0 Å². The van der Waals surface area contributed by atoms with E-state index in [9.17, 15) is 13.2 Å². The molecule has 0 saturated heterocycles. The molecule has 22 heavy (non-hydrogen) atoms. The van der Waals surface area contributed by atoms with E-state index in [1.165, 1.54) is 11.5 Å². The summed E-state index contributed by atoms with van der Waals surface area (Å²) in [6, 6.07) is 0. The number of halogens is 3. The van der Waals surface area contributed by atoms with Crippen LogP contribution in [0.25, 0.3) is 0 Å². The Bertz CT molecular complexity index is 664. The molecule has 0 aliphatic carbocycles. The van der Waals surface area contributed by atoms with E-state index in [1.54, 1.807) is 11.5 Å². The Kier molecular flexibility index (Phi) is 3.79. The highest BCUT2D eigenvalue weighted by atomic mass is 32.1. The molecular formula is C12H15F3N6S. The molecule has 0 amide bonds. The number of rotatable bonds is 3. The monoisotopic (exact) mass is 332 g/mol. The molecule has 2 aromatic heterocycles. The van der Waals surface area contributed by atoms with Crippen molar-refractivity contribution in [3.05, 3.63) is 17.5 Å². The molecule has 1 aliphatic heterocycles. The van der Waals surface area contributed by atoms with Crippen LogP contribution >= 0.6 is 11.5 Å². The maximum absolute atomic E-state index is 12.9. The molecule has 0 spiro atoms. The second-order valence-corrected chi connectivity index (χ2v) is 6.13. The first-order chi connectivity index (χ1) is 10.3. The summed E-state index contributed by atoms with van der Waals surface area (Å²) in [5, 5.41) is 8.76. The van der Waals surface area contributed by atoms with Gasteiger partial charge in [-0.2, -0.15) is 17.5 Å². The Balaban J connectivity index is 1.78. The number of hydrogen-bond acceptors (Lipinski definition) is 6. The number of aromatic nitrogens is 5. The van der Waals surface area contributed by atoms with Gasteiger partial charge in [0.2, 0.25) is 5.13 Å². The van der Waals surface area contributed by atoms with E-state index in [1.807, 2.05) is 11.9 Å². The lowest BCUT2D eigenvalue weighted by Crippen LogP contribution is -2.33. The molecule has 0 bridgehead atoms. The summed E-state index contributed by atoms with van der Waals surface area (Å²) in [5.41, 5.74) is 0. The molecule has 10 heteroatoms. The van der Waals surface area contributed by atoms with Gasteiger partial charge in [0.25, 0.3) is 0 Å². The Morgan fingerprint density at radius 3 is 2.77 bits per heavy atom. The van der Waals surface area contributed by atoms with Crippen molar-refractivity contribution in [3.63, 3.8) is 0 Å². The van der Waals surface area contributed by atoms with Crippen LogP contribution in [0.15, 0.2) is 0 Å². The van der Waals surface area contributed by atoms with E-state index < -0.39 is 12.1 Å². The number of hydrogen-bond donors (Lipinski definition) is 0. The maximum Gasteiger partial charge on any atom is 0.393 e. The van der Waals surface area contributed by atoms with E-state index >= 15 is 0 Å². The molecule has 120 valence electrons. The van der Waals surface area contributed by atoms with Crippen molar-refractivity contribution < 1.29 is 13.2 Å². The zero-order valence-corrected chi connectivity index (χ0v) is 12.9. The smallest absolute Gasteiger partial charge is 0.342 e. The first kappa shape index (κ1) is 15.2. The second kappa shape index (κ2) is 5.49. The zero-order valence-electron chi connectivity index (χ0n) is 12.1. The van der Waals surface area contributed by atoms with Gasteiger partial charge in [0.15, 0.2) is 5.82 Å². The summed E-state index contributed by atoms with van der Waals surface area (Å²) in [7, 11) is 1.81. The van der Waals surface area contributed by atoms with Crippen LogP contribution < -0.4 is 4.90 Å². The lowest BCUT2D eigenvalue weighted by atomic mass is 9.99. The Morgan fingerprint density at radius 2 is 2.14 bits per heavy atom. The summed E-state index contributed by atoms with van der Waals surface area (Å²) >= 11 is 1.25. The quantitative estimate of drug-likeness (QED) is 0.862. The standard InChI is InChI=1S/C12H15F3N6S/c1-7-16-11(22-19-7)20(2)6-10-18-17-9-4-3-8(5-21(9)10)12(13,14)15/h8H,3-6H2,1-2H3. The van der Waals surface area contributed by atoms with Gasteiger partial charge in [0, 0.05) is 31.5 Å². The second-order valence-electron chi connectivity index (χ2n) is 5.40. The summed E-state index contributed by atoms with van der Waals surface area (Å²) in [4.78, 5) is 6.07. The molecule has 0 N–H and O–H groups in total. The number of nitrogens with zero attached hydrogens (tertiary/aromatic N) is 6. The number of anilines is 1. The maximum atomic E-state index is 12.9. The summed E-state index contributed by atoms with van der Waals surface area (Å²) in [5.74, 6) is 0.493. The fourth-order valence-corrected chi connectivity index (χ4v) is 3.12. The first-order valence-electron chi connectivity index (χ1n) is 6.83. The third-order valence-electron chi connectivity index (χ3n) is 3.71. The zero-order chi connectivity index (χ0) is 15.9. The van der Waals surface area contributed by atoms with E-state index in [4.69, 9.17) is 0 Å². The van der Waals surface area contributed by atoms with Gasteiger partial charge in [-0.3, -0.25) is 0 Å². The third-order valence-corrected chi connectivity index (χ3v) is 4.63. The highest BCUT2D eigenvalue weighted by molar-refractivity contribution is 7.09. The lowest BCUT2D eigenvalue weighted by Gasteiger charge is -2.26. The van der Waals surface area contributed by atoms with Crippen molar-refractivity contribution in [1.82, 2.24) is 24.1 Å². The molecule has 0 fully saturated rings. The first-order valence-corrected chi connectivity index (χ1v) is 7.61. The van der Waals surface area contributed by atoms with E-state index in [-0.39, 0.29) is 13.0 Å². The third kappa shape index (κ3) is 2.92. The van der Waals surface area contributed by atoms with Crippen LogP contribution in [0, 0.1) is 12.8 Å². The van der Waals surface area contributed by atoms with Crippen molar-refractivity contribution in [2.75, 3.05) is 11.9 Å². The van der Waals surface area contributed by atoms with Gasteiger partial charge in [-0.15, -0.1) is 10.2 Å². The van der Waals surface area contributed by atoms with Gasteiger partial charge in [-0.25, -0.2) is 4.98 Å². The Morgan fingerprint density at radius 1 is 1.36 bits per heavy atom. The average molecular weight is 332 g/mol. The predicted octanol–water partition coefficient (Wildman–Crippen LogP) is 2.20. The molecule has 1 aliphatic rings. The lowest BCUT2D eigenvalue weighted by molar-refractivity contribution is -0.182. The van der Waals surface area contributed by atoms with Crippen molar-refractivity contribution in [1.29, 1.82) is 0 Å². The summed E-state index contributed by atoms with van der Waals surface area (Å²) in [6.45, 7) is 2.04. The molecule has 0 aromatic carbocycles. The fourth-order valence-electron chi connectivity index (χ4n) is 2.49. The molecule has 0 saturated carbocycles. The van der Waals surface area contributed by atoms with Gasteiger partial charge in [0.05, 0.1) is 12.5 Å². The predicted molar refractivity (Wildman–Crippen MR) is 74.6 cm³/mol. The Labute approximate surface area is 129 Å². The number of aryl methyl sites for hydroxylation is 2. The van der Waals surface area contributed by atoms with Crippen LogP contribution in [-0.4, -0.2) is 37.3 Å². The average Bonchev–Trinajstić information content (AvgIpc) is 3.04. The van der Waals surface area contributed by atoms with Crippen molar-refractivity contribution >= 4 is 16.7 Å². The number of fused-ring (bicyclic) bond motifs is 1. The molecule has 3 heterocycles. The van der Waals surface area contributed by atoms with Gasteiger partial charge >= 0.3 is 6.18 Å². The van der Waals surface area contributed by atoms with Crippen LogP contribution in [0.2, 0.25) is 0 Å². The van der Waals surface area contributed by atoms with Crippen LogP contribution in [-0.2, 0) is 19.5 Å². The Hall–Kier alpha value is -1.71. The summed E-state index contributed by atoms with van der Waals surface area (Å²) in [6.07, 6.45) is -3.80. The largest absolute Gasteiger partial charge is 0.393 e. The van der Waals surface area contributed by atoms with Crippen LogP contribution in [0.4, 0.5) is 18.3 Å². The minimum Gasteiger partial charge on any atom is -0.342 e. The minimum absolute atomic E-state index is 0.0765. The highest BCUT2D eigenvalue weighted by Crippen LogP contribution is 2.34. The van der Waals surface area contributed by atoms with Gasteiger partial charge in [-0.1, -0.05) is 0 Å². The molecular weight excluding hydrogens is 317 g/mol. The van der Waals surface area contributed by atoms with Crippen molar-refractivity contribution in [2.24, 2.45) is 5.92 Å². The van der Waals surface area contributed by atoms with Crippen molar-refractivity contribution in [3.8, 4) is 0 Å². The fraction of sp³-hybridized carbons (Fsp3) is 0.667. The molecule has 3 rings (SSSR count). The van der Waals surface area contributed by atoms with Gasteiger partial charge < -0.3 is 9.47 Å². The summed E-state index contributed by atoms with van der Waals surface area (Å²) < 4.78 is 44.5. The van der Waals surface area contributed by atoms with Crippen LogP contribution in [0.3, 0.4) is 0 Å². The van der Waals surface area contributed by atoms with Crippen LogP contribution in [0.1, 0.15) is 23.9 Å². The van der Waals surface area contributed by atoms with E-state index in [0.29, 0.717) is 35.6 Å². The minimum atomic E-state index is -4.18. The van der Waals surface area contributed by atoms with Crippen LogP contribution in [0.5, 0.6) is 0 Å². The molecule has 1 atom stereocenters.